The van der Waals surface area contributed by atoms with Crippen LogP contribution >= 0.6 is 0 Å². The number of amides is 1. The molecule has 0 radical (unpaired) electrons. The SMILES string of the molecule is CC(NC(=O)c1cc2cccc(N)c2[nH]1)c1ccco1. The first-order valence-corrected chi connectivity index (χ1v) is 6.36. The summed E-state index contributed by atoms with van der Waals surface area (Å²) in [5.74, 6) is 0.526. The summed E-state index contributed by atoms with van der Waals surface area (Å²) in [4.78, 5) is 15.3. The summed E-state index contributed by atoms with van der Waals surface area (Å²) in [6.07, 6.45) is 1.58. The van der Waals surface area contributed by atoms with Crippen LogP contribution in [-0.4, -0.2) is 10.9 Å². The normalized spacial score (nSPS) is 12.4. The van der Waals surface area contributed by atoms with E-state index in [1.54, 1.807) is 24.5 Å². The van der Waals surface area contributed by atoms with Crippen LogP contribution in [0, 0.1) is 0 Å². The van der Waals surface area contributed by atoms with Crippen LogP contribution in [0.15, 0.2) is 47.1 Å². The molecule has 0 saturated carbocycles. The molecule has 0 aliphatic carbocycles. The predicted molar refractivity (Wildman–Crippen MR) is 77.3 cm³/mol. The van der Waals surface area contributed by atoms with Crippen LogP contribution in [-0.2, 0) is 0 Å². The number of carbonyl (C=O) groups is 1. The number of carbonyl (C=O) groups excluding carboxylic acids is 1. The van der Waals surface area contributed by atoms with Gasteiger partial charge in [0.25, 0.3) is 5.91 Å². The van der Waals surface area contributed by atoms with Crippen molar-refractivity contribution in [2.75, 3.05) is 5.73 Å². The monoisotopic (exact) mass is 269 g/mol. The molecular formula is C15H15N3O2. The van der Waals surface area contributed by atoms with Crippen molar-refractivity contribution in [1.82, 2.24) is 10.3 Å². The summed E-state index contributed by atoms with van der Waals surface area (Å²) in [6, 6.07) is 10.8. The predicted octanol–water partition coefficient (Wildman–Crippen LogP) is 2.83. The van der Waals surface area contributed by atoms with Crippen molar-refractivity contribution in [3.63, 3.8) is 0 Å². The van der Waals surface area contributed by atoms with Gasteiger partial charge in [-0.1, -0.05) is 12.1 Å². The molecule has 1 atom stereocenters. The summed E-state index contributed by atoms with van der Waals surface area (Å²) < 4.78 is 5.27. The first kappa shape index (κ1) is 12.3. The number of rotatable bonds is 3. The molecule has 0 spiro atoms. The fourth-order valence-electron chi connectivity index (χ4n) is 2.19. The smallest absolute Gasteiger partial charge is 0.268 e. The van der Waals surface area contributed by atoms with Gasteiger partial charge in [0.2, 0.25) is 0 Å². The van der Waals surface area contributed by atoms with E-state index in [1.807, 2.05) is 25.1 Å². The van der Waals surface area contributed by atoms with Crippen molar-refractivity contribution in [3.8, 4) is 0 Å². The molecule has 102 valence electrons. The molecule has 4 N–H and O–H groups in total. The van der Waals surface area contributed by atoms with Crippen LogP contribution in [0.5, 0.6) is 0 Å². The first-order valence-electron chi connectivity index (χ1n) is 6.36. The molecule has 0 fully saturated rings. The Morgan fingerprint density at radius 3 is 2.90 bits per heavy atom. The van der Waals surface area contributed by atoms with Gasteiger partial charge in [0, 0.05) is 5.39 Å². The molecule has 5 nitrogen and oxygen atoms in total. The standard InChI is InChI=1S/C15H15N3O2/c1-9(13-6-3-7-20-13)17-15(19)12-8-10-4-2-5-11(16)14(10)18-12/h2-9,18H,16H2,1H3,(H,17,19). The Morgan fingerprint density at radius 1 is 1.35 bits per heavy atom. The highest BCUT2D eigenvalue weighted by Gasteiger charge is 2.15. The number of benzene rings is 1. The molecule has 20 heavy (non-hydrogen) atoms. The first-order chi connectivity index (χ1) is 9.65. The highest BCUT2D eigenvalue weighted by Crippen LogP contribution is 2.21. The zero-order valence-electron chi connectivity index (χ0n) is 11.0. The maximum Gasteiger partial charge on any atom is 0.268 e. The molecular weight excluding hydrogens is 254 g/mol. The summed E-state index contributed by atoms with van der Waals surface area (Å²) in [6.45, 7) is 1.87. The van der Waals surface area contributed by atoms with E-state index in [4.69, 9.17) is 10.2 Å². The van der Waals surface area contributed by atoms with Gasteiger partial charge in [-0.05, 0) is 31.2 Å². The maximum atomic E-state index is 12.2. The number of aromatic nitrogens is 1. The number of hydrogen-bond acceptors (Lipinski definition) is 3. The quantitative estimate of drug-likeness (QED) is 0.639. The number of nitrogens with two attached hydrogens (primary N) is 1. The van der Waals surface area contributed by atoms with Gasteiger partial charge in [-0.25, -0.2) is 0 Å². The maximum absolute atomic E-state index is 12.2. The van der Waals surface area contributed by atoms with Gasteiger partial charge in [0.15, 0.2) is 0 Å². The van der Waals surface area contributed by atoms with E-state index in [-0.39, 0.29) is 11.9 Å². The lowest BCUT2D eigenvalue weighted by Gasteiger charge is -2.10. The highest BCUT2D eigenvalue weighted by molar-refractivity contribution is 6.00. The number of hydrogen-bond donors (Lipinski definition) is 3. The van der Waals surface area contributed by atoms with E-state index in [0.29, 0.717) is 17.1 Å². The van der Waals surface area contributed by atoms with Gasteiger partial charge in [0.05, 0.1) is 23.5 Å². The van der Waals surface area contributed by atoms with Gasteiger partial charge in [-0.15, -0.1) is 0 Å². The molecule has 1 amide bonds. The van der Waals surface area contributed by atoms with E-state index in [1.165, 1.54) is 0 Å². The molecule has 2 aromatic heterocycles. The van der Waals surface area contributed by atoms with Crippen LogP contribution in [0.1, 0.15) is 29.2 Å². The Balaban J connectivity index is 1.84. The molecule has 2 heterocycles. The van der Waals surface area contributed by atoms with Crippen LogP contribution < -0.4 is 11.1 Å². The number of para-hydroxylation sites is 1. The average molecular weight is 269 g/mol. The number of fused-ring (bicyclic) bond motifs is 1. The summed E-state index contributed by atoms with van der Waals surface area (Å²) >= 11 is 0. The lowest BCUT2D eigenvalue weighted by molar-refractivity contribution is 0.0931. The number of nitrogens with one attached hydrogen (secondary N) is 2. The van der Waals surface area contributed by atoms with Crippen molar-refractivity contribution >= 4 is 22.5 Å². The van der Waals surface area contributed by atoms with Crippen LogP contribution in [0.4, 0.5) is 5.69 Å². The fraction of sp³-hybridized carbons (Fsp3) is 0.133. The molecule has 1 aromatic carbocycles. The lowest BCUT2D eigenvalue weighted by atomic mass is 10.2. The molecule has 3 aromatic rings. The topological polar surface area (TPSA) is 84.0 Å². The Bertz CT molecular complexity index is 744. The highest BCUT2D eigenvalue weighted by atomic mass is 16.3. The number of nitrogen functional groups attached to an aromatic ring is 1. The van der Waals surface area contributed by atoms with Gasteiger partial charge >= 0.3 is 0 Å². The summed E-state index contributed by atoms with van der Waals surface area (Å²) in [5.41, 5.74) is 7.76. The van der Waals surface area contributed by atoms with Crippen molar-refractivity contribution < 1.29 is 9.21 Å². The van der Waals surface area contributed by atoms with Crippen molar-refractivity contribution in [2.45, 2.75) is 13.0 Å². The molecule has 3 rings (SSSR count). The Morgan fingerprint density at radius 2 is 2.20 bits per heavy atom. The molecule has 5 heteroatoms. The van der Waals surface area contributed by atoms with Gasteiger partial charge in [-0.2, -0.15) is 0 Å². The van der Waals surface area contributed by atoms with Gasteiger partial charge in [0.1, 0.15) is 11.5 Å². The third kappa shape index (κ3) is 2.14. The van der Waals surface area contributed by atoms with E-state index < -0.39 is 0 Å². The molecule has 1 unspecified atom stereocenters. The summed E-state index contributed by atoms with van der Waals surface area (Å²) in [7, 11) is 0. The molecule has 0 aliphatic rings. The second-order valence-electron chi connectivity index (χ2n) is 4.71. The van der Waals surface area contributed by atoms with Gasteiger partial charge < -0.3 is 20.5 Å². The largest absolute Gasteiger partial charge is 0.467 e. The number of anilines is 1. The lowest BCUT2D eigenvalue weighted by Crippen LogP contribution is -2.26. The van der Waals surface area contributed by atoms with Crippen molar-refractivity contribution in [2.24, 2.45) is 0 Å². The Kier molecular flexibility index (Phi) is 2.95. The summed E-state index contributed by atoms with van der Waals surface area (Å²) in [5, 5.41) is 3.79. The van der Waals surface area contributed by atoms with Crippen molar-refractivity contribution in [1.29, 1.82) is 0 Å². The average Bonchev–Trinajstić information content (AvgIpc) is 3.08. The van der Waals surface area contributed by atoms with E-state index in [2.05, 4.69) is 10.3 Å². The second-order valence-corrected chi connectivity index (χ2v) is 4.71. The third-order valence-electron chi connectivity index (χ3n) is 3.25. The Labute approximate surface area is 115 Å². The molecule has 0 aliphatic heterocycles. The number of aromatic amines is 1. The van der Waals surface area contributed by atoms with Crippen molar-refractivity contribution in [3.05, 3.63) is 54.1 Å². The van der Waals surface area contributed by atoms with Crippen LogP contribution in [0.3, 0.4) is 0 Å². The van der Waals surface area contributed by atoms with Crippen LogP contribution in [0.25, 0.3) is 10.9 Å². The molecule has 0 saturated heterocycles. The minimum Gasteiger partial charge on any atom is -0.467 e. The molecule has 0 bridgehead atoms. The second kappa shape index (κ2) is 4.77. The van der Waals surface area contributed by atoms with Gasteiger partial charge in [-0.3, -0.25) is 4.79 Å². The third-order valence-corrected chi connectivity index (χ3v) is 3.25. The van der Waals surface area contributed by atoms with E-state index in [0.717, 1.165) is 10.9 Å². The van der Waals surface area contributed by atoms with Crippen LogP contribution in [0.2, 0.25) is 0 Å². The zero-order chi connectivity index (χ0) is 14.1. The van der Waals surface area contributed by atoms with E-state index >= 15 is 0 Å². The Hall–Kier alpha value is -2.69. The van der Waals surface area contributed by atoms with E-state index in [9.17, 15) is 4.79 Å². The minimum absolute atomic E-state index is 0.190. The zero-order valence-corrected chi connectivity index (χ0v) is 11.0. The number of H-pyrrole nitrogens is 1. The minimum atomic E-state index is -0.193. The fourth-order valence-corrected chi connectivity index (χ4v) is 2.19. The number of furan rings is 1.